The summed E-state index contributed by atoms with van der Waals surface area (Å²) in [7, 11) is 0. The molecule has 0 radical (unpaired) electrons. The van der Waals surface area contributed by atoms with Crippen LogP contribution in [0.5, 0.6) is 0 Å². The predicted octanol–water partition coefficient (Wildman–Crippen LogP) is 1.09. The van der Waals surface area contributed by atoms with Crippen LogP contribution in [0.25, 0.3) is 0 Å². The molecule has 0 aromatic carbocycles. The molecular formula is C7H6F3N3OS. The van der Waals surface area contributed by atoms with Gasteiger partial charge in [0, 0.05) is 11.6 Å². The van der Waals surface area contributed by atoms with Crippen molar-refractivity contribution >= 4 is 17.0 Å². The molecule has 1 aromatic heterocycles. The van der Waals surface area contributed by atoms with Gasteiger partial charge in [-0.3, -0.25) is 5.43 Å². The Morgan fingerprint density at radius 2 is 2.27 bits per heavy atom. The van der Waals surface area contributed by atoms with Crippen molar-refractivity contribution in [1.82, 2.24) is 10.4 Å². The van der Waals surface area contributed by atoms with E-state index in [1.165, 1.54) is 17.5 Å². The van der Waals surface area contributed by atoms with Gasteiger partial charge in [-0.25, -0.2) is 4.98 Å². The zero-order valence-corrected chi connectivity index (χ0v) is 8.06. The molecule has 1 aliphatic heterocycles. The number of nitrogens with one attached hydrogen (secondary N) is 1. The molecule has 4 nitrogen and oxygen atoms in total. The highest BCUT2D eigenvalue weighted by atomic mass is 32.1. The van der Waals surface area contributed by atoms with Gasteiger partial charge in [-0.2, -0.15) is 18.3 Å². The number of nitrogens with zero attached hydrogens (tertiary/aromatic N) is 2. The lowest BCUT2D eigenvalue weighted by Crippen LogP contribution is -2.52. The first kappa shape index (κ1) is 10.4. The lowest BCUT2D eigenvalue weighted by Gasteiger charge is -2.24. The van der Waals surface area contributed by atoms with E-state index in [1.54, 1.807) is 10.8 Å². The first-order valence-corrected chi connectivity index (χ1v) is 4.83. The molecule has 2 rings (SSSR count). The molecule has 1 atom stereocenters. The predicted molar refractivity (Wildman–Crippen MR) is 47.4 cm³/mol. The normalized spacial score (nSPS) is 26.3. The molecule has 1 aromatic rings. The third kappa shape index (κ3) is 1.70. The van der Waals surface area contributed by atoms with Gasteiger partial charge in [0.1, 0.15) is 10.7 Å². The van der Waals surface area contributed by atoms with E-state index >= 15 is 0 Å². The number of rotatable bonds is 1. The van der Waals surface area contributed by atoms with Gasteiger partial charge in [-0.15, -0.1) is 11.3 Å². The average Bonchev–Trinajstić information content (AvgIpc) is 2.70. The highest BCUT2D eigenvalue weighted by Crippen LogP contribution is 2.35. The summed E-state index contributed by atoms with van der Waals surface area (Å²) in [5.74, 6) is 0. The van der Waals surface area contributed by atoms with Crippen molar-refractivity contribution in [3.05, 3.63) is 16.6 Å². The number of aromatic nitrogens is 1. The molecule has 15 heavy (non-hydrogen) atoms. The summed E-state index contributed by atoms with van der Waals surface area (Å²) in [6, 6.07) is 0. The van der Waals surface area contributed by atoms with Gasteiger partial charge in [0.2, 0.25) is 0 Å². The summed E-state index contributed by atoms with van der Waals surface area (Å²) in [6.07, 6.45) is -3.91. The molecule has 0 aliphatic carbocycles. The maximum Gasteiger partial charge on any atom is 0.438 e. The van der Waals surface area contributed by atoms with Crippen LogP contribution in [0, 0.1) is 0 Å². The van der Waals surface area contributed by atoms with E-state index in [-0.39, 0.29) is 5.71 Å². The van der Waals surface area contributed by atoms with Crippen LogP contribution in [0.15, 0.2) is 16.7 Å². The fourth-order valence-electron chi connectivity index (χ4n) is 1.13. The molecule has 0 fully saturated rings. The van der Waals surface area contributed by atoms with E-state index in [1.807, 2.05) is 0 Å². The summed E-state index contributed by atoms with van der Waals surface area (Å²) in [5.41, 5.74) is -1.15. The topological polar surface area (TPSA) is 57.5 Å². The molecule has 0 bridgehead atoms. The van der Waals surface area contributed by atoms with Crippen LogP contribution in [0.2, 0.25) is 0 Å². The SMILES string of the molecule is OC1(C(F)(F)F)CC(c2nccs2)=NN1. The molecule has 1 aliphatic rings. The Hall–Kier alpha value is -1.15. The average molecular weight is 237 g/mol. The summed E-state index contributed by atoms with van der Waals surface area (Å²) >= 11 is 1.17. The smallest absolute Gasteiger partial charge is 0.362 e. The van der Waals surface area contributed by atoms with E-state index < -0.39 is 18.3 Å². The largest absolute Gasteiger partial charge is 0.438 e. The second-order valence-electron chi connectivity index (χ2n) is 3.04. The van der Waals surface area contributed by atoms with Crippen molar-refractivity contribution in [2.45, 2.75) is 18.3 Å². The molecule has 8 heteroatoms. The van der Waals surface area contributed by atoms with Crippen LogP contribution in [0.1, 0.15) is 11.4 Å². The van der Waals surface area contributed by atoms with Gasteiger partial charge >= 0.3 is 6.18 Å². The van der Waals surface area contributed by atoms with Crippen LogP contribution >= 0.6 is 11.3 Å². The monoisotopic (exact) mass is 237 g/mol. The number of hydrogen-bond acceptors (Lipinski definition) is 5. The molecule has 2 heterocycles. The molecule has 0 amide bonds. The van der Waals surface area contributed by atoms with E-state index in [0.717, 1.165) is 0 Å². The summed E-state index contributed by atoms with van der Waals surface area (Å²) in [4.78, 5) is 3.82. The van der Waals surface area contributed by atoms with Crippen LogP contribution in [-0.4, -0.2) is 27.7 Å². The number of aliphatic hydroxyl groups is 1. The molecular weight excluding hydrogens is 231 g/mol. The fourth-order valence-corrected chi connectivity index (χ4v) is 1.76. The maximum absolute atomic E-state index is 12.4. The third-order valence-corrected chi connectivity index (χ3v) is 2.77. The van der Waals surface area contributed by atoms with Gasteiger partial charge in [-0.05, 0) is 0 Å². The van der Waals surface area contributed by atoms with E-state index in [2.05, 4.69) is 10.1 Å². The quantitative estimate of drug-likeness (QED) is 0.768. The molecule has 1 unspecified atom stereocenters. The highest BCUT2D eigenvalue weighted by molar-refractivity contribution is 7.11. The van der Waals surface area contributed by atoms with Crippen LogP contribution in [0.4, 0.5) is 13.2 Å². The first-order valence-electron chi connectivity index (χ1n) is 3.95. The van der Waals surface area contributed by atoms with Crippen molar-refractivity contribution in [3.8, 4) is 0 Å². The number of thiazole rings is 1. The molecule has 2 N–H and O–H groups in total. The lowest BCUT2D eigenvalue weighted by molar-refractivity contribution is -0.266. The molecule has 0 saturated heterocycles. The van der Waals surface area contributed by atoms with Crippen LogP contribution in [-0.2, 0) is 0 Å². The van der Waals surface area contributed by atoms with Gasteiger partial charge in [0.15, 0.2) is 0 Å². The first-order chi connectivity index (χ1) is 6.92. The molecule has 0 saturated carbocycles. The van der Waals surface area contributed by atoms with Crippen LogP contribution in [0.3, 0.4) is 0 Å². The number of hydrazone groups is 1. The molecule has 0 spiro atoms. The summed E-state index contributed by atoms with van der Waals surface area (Å²) in [5, 5.41) is 14.7. The second-order valence-corrected chi connectivity index (χ2v) is 3.94. The van der Waals surface area contributed by atoms with Gasteiger partial charge < -0.3 is 5.11 Å². The molecule has 82 valence electrons. The fraction of sp³-hybridized carbons (Fsp3) is 0.429. The van der Waals surface area contributed by atoms with Crippen molar-refractivity contribution in [2.24, 2.45) is 5.10 Å². The van der Waals surface area contributed by atoms with E-state index in [4.69, 9.17) is 0 Å². The van der Waals surface area contributed by atoms with E-state index in [0.29, 0.717) is 5.01 Å². The summed E-state index contributed by atoms with van der Waals surface area (Å²) in [6.45, 7) is 0. The number of alkyl halides is 3. The van der Waals surface area contributed by atoms with Gasteiger partial charge in [-0.1, -0.05) is 0 Å². The van der Waals surface area contributed by atoms with Crippen molar-refractivity contribution in [3.63, 3.8) is 0 Å². The zero-order chi connectivity index (χ0) is 11.1. The Morgan fingerprint density at radius 3 is 2.73 bits per heavy atom. The Kier molecular flexibility index (Phi) is 2.19. The minimum Gasteiger partial charge on any atom is -0.362 e. The minimum absolute atomic E-state index is 0.116. The van der Waals surface area contributed by atoms with E-state index in [9.17, 15) is 18.3 Å². The Morgan fingerprint density at radius 1 is 1.53 bits per heavy atom. The van der Waals surface area contributed by atoms with Crippen molar-refractivity contribution in [1.29, 1.82) is 0 Å². The number of halogens is 3. The van der Waals surface area contributed by atoms with Gasteiger partial charge in [0.25, 0.3) is 5.72 Å². The van der Waals surface area contributed by atoms with Crippen LogP contribution < -0.4 is 5.43 Å². The second kappa shape index (κ2) is 3.17. The Balaban J connectivity index is 2.18. The highest BCUT2D eigenvalue weighted by Gasteiger charge is 2.57. The van der Waals surface area contributed by atoms with Crippen molar-refractivity contribution < 1.29 is 18.3 Å². The maximum atomic E-state index is 12.4. The lowest BCUT2D eigenvalue weighted by atomic mass is 10.1. The summed E-state index contributed by atoms with van der Waals surface area (Å²) < 4.78 is 37.1. The zero-order valence-electron chi connectivity index (χ0n) is 7.25. The Bertz CT molecular complexity index is 389. The Labute approximate surface area is 86.5 Å². The standard InChI is InChI=1S/C7H6F3N3OS/c8-7(9,10)6(14)3-4(12-13-6)5-11-1-2-15-5/h1-2,13-14H,3H2. The van der Waals surface area contributed by atoms with Gasteiger partial charge in [0.05, 0.1) is 6.42 Å². The number of hydrogen-bond donors (Lipinski definition) is 2. The third-order valence-electron chi connectivity index (χ3n) is 1.95. The minimum atomic E-state index is -4.75. The van der Waals surface area contributed by atoms with Crippen molar-refractivity contribution in [2.75, 3.05) is 0 Å².